The van der Waals surface area contributed by atoms with E-state index in [9.17, 15) is 18.0 Å². The molecule has 1 heterocycles. The Morgan fingerprint density at radius 2 is 1.78 bits per heavy atom. The number of nitrogens with zero attached hydrogens (tertiary/aromatic N) is 1. The highest BCUT2D eigenvalue weighted by molar-refractivity contribution is 7.93. The number of carbonyl (C=O) groups excluding carboxylic acids is 2. The van der Waals surface area contributed by atoms with Crippen LogP contribution >= 0.6 is 0 Å². The van der Waals surface area contributed by atoms with Gasteiger partial charge in [0.25, 0.3) is 0 Å². The number of hydrogen-bond donors (Lipinski definition) is 2. The van der Waals surface area contributed by atoms with Gasteiger partial charge >= 0.3 is 11.8 Å². The molecule has 7 nitrogen and oxygen atoms in total. The van der Waals surface area contributed by atoms with Crippen molar-refractivity contribution in [3.63, 3.8) is 0 Å². The Bertz CT molecular complexity index is 929. The van der Waals surface area contributed by atoms with E-state index < -0.39 is 21.8 Å². The molecule has 8 heteroatoms. The minimum atomic E-state index is -3.30. The van der Waals surface area contributed by atoms with E-state index in [4.69, 9.17) is 0 Å². The quantitative estimate of drug-likeness (QED) is 0.761. The third-order valence-corrected chi connectivity index (χ3v) is 6.11. The second-order valence-electron chi connectivity index (χ2n) is 6.24. The van der Waals surface area contributed by atoms with Crippen molar-refractivity contribution in [2.24, 2.45) is 0 Å². The molecule has 1 saturated heterocycles. The van der Waals surface area contributed by atoms with Crippen LogP contribution in [0.1, 0.15) is 12.0 Å². The molecule has 1 fully saturated rings. The second-order valence-corrected chi connectivity index (χ2v) is 8.25. The van der Waals surface area contributed by atoms with Crippen LogP contribution in [0.15, 0.2) is 54.6 Å². The van der Waals surface area contributed by atoms with Crippen molar-refractivity contribution in [2.45, 2.75) is 12.8 Å². The number of sulfonamides is 1. The maximum atomic E-state index is 12.1. The van der Waals surface area contributed by atoms with Crippen molar-refractivity contribution in [1.29, 1.82) is 0 Å². The molecular weight excluding hydrogens is 366 g/mol. The summed E-state index contributed by atoms with van der Waals surface area (Å²) in [4.78, 5) is 24.0. The summed E-state index contributed by atoms with van der Waals surface area (Å²) in [5.74, 6) is -1.40. The maximum absolute atomic E-state index is 12.1. The van der Waals surface area contributed by atoms with E-state index >= 15 is 0 Å². The molecule has 0 spiro atoms. The van der Waals surface area contributed by atoms with Gasteiger partial charge in [-0.1, -0.05) is 36.4 Å². The lowest BCUT2D eigenvalue weighted by atomic mass is 10.1. The van der Waals surface area contributed by atoms with Crippen LogP contribution in [-0.4, -0.2) is 39.1 Å². The third kappa shape index (κ3) is 4.85. The minimum absolute atomic E-state index is 0.118. The first kappa shape index (κ1) is 18.9. The van der Waals surface area contributed by atoms with Crippen molar-refractivity contribution in [3.05, 3.63) is 60.2 Å². The van der Waals surface area contributed by atoms with Crippen LogP contribution in [-0.2, 0) is 26.0 Å². The molecule has 0 saturated carbocycles. The first-order valence-electron chi connectivity index (χ1n) is 8.69. The number of anilines is 2. The normalized spacial score (nSPS) is 15.3. The zero-order chi connectivity index (χ0) is 19.3. The highest BCUT2D eigenvalue weighted by Gasteiger charge is 2.28. The van der Waals surface area contributed by atoms with Crippen LogP contribution in [0.5, 0.6) is 0 Å². The van der Waals surface area contributed by atoms with E-state index in [-0.39, 0.29) is 5.75 Å². The van der Waals surface area contributed by atoms with Gasteiger partial charge in [0.2, 0.25) is 10.0 Å². The monoisotopic (exact) mass is 387 g/mol. The van der Waals surface area contributed by atoms with Crippen LogP contribution in [0.3, 0.4) is 0 Å². The summed E-state index contributed by atoms with van der Waals surface area (Å²) >= 11 is 0. The Morgan fingerprint density at radius 1 is 1.00 bits per heavy atom. The van der Waals surface area contributed by atoms with E-state index in [1.54, 1.807) is 24.3 Å². The summed E-state index contributed by atoms with van der Waals surface area (Å²) in [6, 6.07) is 16.1. The largest absolute Gasteiger partial charge is 0.347 e. The van der Waals surface area contributed by atoms with Crippen molar-refractivity contribution >= 4 is 33.2 Å². The van der Waals surface area contributed by atoms with Gasteiger partial charge in [0.05, 0.1) is 11.4 Å². The molecule has 0 unspecified atom stereocenters. The molecule has 2 aromatic carbocycles. The third-order valence-electron chi connectivity index (χ3n) is 4.24. The van der Waals surface area contributed by atoms with Gasteiger partial charge in [-0.3, -0.25) is 13.9 Å². The van der Waals surface area contributed by atoms with Gasteiger partial charge in [-0.25, -0.2) is 8.42 Å². The van der Waals surface area contributed by atoms with E-state index in [2.05, 4.69) is 10.6 Å². The summed E-state index contributed by atoms with van der Waals surface area (Å²) in [5, 5.41) is 5.09. The Labute approximate surface area is 158 Å². The lowest BCUT2D eigenvalue weighted by Crippen LogP contribution is -2.36. The zero-order valence-corrected chi connectivity index (χ0v) is 15.5. The number of benzene rings is 2. The number of rotatable bonds is 5. The molecule has 0 bridgehead atoms. The lowest BCUT2D eigenvalue weighted by molar-refractivity contribution is -0.136. The fourth-order valence-corrected chi connectivity index (χ4v) is 4.46. The summed E-state index contributed by atoms with van der Waals surface area (Å²) in [7, 11) is -3.30. The Hall–Kier alpha value is -2.87. The fraction of sp³-hybridized carbons (Fsp3) is 0.263. The molecule has 142 valence electrons. The topological polar surface area (TPSA) is 95.6 Å². The Kier molecular flexibility index (Phi) is 5.75. The standard InChI is InChI=1S/C19H21N3O4S/c23-18(20-11-10-15-6-2-1-3-7-15)19(24)21-16-8-4-9-17(14-16)22-12-5-13-27(22,25)26/h1-4,6-9,14H,5,10-13H2,(H,20,23)(H,21,24). The predicted molar refractivity (Wildman–Crippen MR) is 104 cm³/mol. The van der Waals surface area contributed by atoms with Crippen LogP contribution in [0.25, 0.3) is 0 Å². The van der Waals surface area contributed by atoms with Crippen molar-refractivity contribution in [2.75, 3.05) is 28.5 Å². The first-order valence-corrected chi connectivity index (χ1v) is 10.3. The average Bonchev–Trinajstić information content (AvgIpc) is 3.02. The number of hydrogen-bond acceptors (Lipinski definition) is 4. The Morgan fingerprint density at radius 3 is 2.48 bits per heavy atom. The van der Waals surface area contributed by atoms with Crippen molar-refractivity contribution < 1.29 is 18.0 Å². The molecular formula is C19H21N3O4S. The maximum Gasteiger partial charge on any atom is 0.313 e. The number of carbonyl (C=O) groups is 2. The van der Waals surface area contributed by atoms with Gasteiger partial charge in [-0.15, -0.1) is 0 Å². The highest BCUT2D eigenvalue weighted by atomic mass is 32.2. The molecule has 1 aliphatic heterocycles. The van der Waals surface area contributed by atoms with Gasteiger partial charge in [0.1, 0.15) is 0 Å². The van der Waals surface area contributed by atoms with E-state index in [1.165, 1.54) is 4.31 Å². The summed E-state index contributed by atoms with van der Waals surface area (Å²) in [5.41, 5.74) is 1.92. The van der Waals surface area contributed by atoms with Crippen LogP contribution < -0.4 is 14.9 Å². The molecule has 0 aromatic heterocycles. The molecule has 0 aliphatic carbocycles. The fourth-order valence-electron chi connectivity index (χ4n) is 2.90. The molecule has 27 heavy (non-hydrogen) atoms. The van der Waals surface area contributed by atoms with Crippen LogP contribution in [0.2, 0.25) is 0 Å². The van der Waals surface area contributed by atoms with Gasteiger partial charge in [0.15, 0.2) is 0 Å². The molecule has 0 atom stereocenters. The van der Waals surface area contributed by atoms with E-state index in [1.807, 2.05) is 30.3 Å². The lowest BCUT2D eigenvalue weighted by Gasteiger charge is -2.17. The average molecular weight is 387 g/mol. The van der Waals surface area contributed by atoms with Crippen LogP contribution in [0.4, 0.5) is 11.4 Å². The molecule has 3 rings (SSSR count). The van der Waals surface area contributed by atoms with E-state index in [0.29, 0.717) is 37.3 Å². The smallest absolute Gasteiger partial charge is 0.313 e. The summed E-state index contributed by atoms with van der Waals surface area (Å²) < 4.78 is 25.3. The van der Waals surface area contributed by atoms with Crippen molar-refractivity contribution in [1.82, 2.24) is 5.32 Å². The van der Waals surface area contributed by atoms with Crippen LogP contribution in [0, 0.1) is 0 Å². The first-order chi connectivity index (χ1) is 13.0. The molecule has 1 aliphatic rings. The molecule has 2 aromatic rings. The zero-order valence-electron chi connectivity index (χ0n) is 14.7. The summed E-state index contributed by atoms with van der Waals surface area (Å²) in [6.45, 7) is 0.766. The van der Waals surface area contributed by atoms with E-state index in [0.717, 1.165) is 5.56 Å². The van der Waals surface area contributed by atoms with Crippen molar-refractivity contribution in [3.8, 4) is 0 Å². The Balaban J connectivity index is 1.56. The SMILES string of the molecule is O=C(NCCc1ccccc1)C(=O)Nc1cccc(N2CCCS2(=O)=O)c1. The van der Waals surface area contributed by atoms with Gasteiger partial charge in [0, 0.05) is 18.8 Å². The number of nitrogens with one attached hydrogen (secondary N) is 2. The van der Waals surface area contributed by atoms with Gasteiger partial charge in [-0.05, 0) is 36.6 Å². The summed E-state index contributed by atoms with van der Waals surface area (Å²) in [6.07, 6.45) is 1.20. The minimum Gasteiger partial charge on any atom is -0.347 e. The molecule has 2 N–H and O–H groups in total. The molecule has 0 radical (unpaired) electrons. The van der Waals surface area contributed by atoms with Gasteiger partial charge < -0.3 is 10.6 Å². The second kappa shape index (κ2) is 8.22. The highest BCUT2D eigenvalue weighted by Crippen LogP contribution is 2.26. The number of amides is 2. The predicted octanol–water partition coefficient (Wildman–Crippen LogP) is 1.52. The molecule has 2 amide bonds. The van der Waals surface area contributed by atoms with Gasteiger partial charge in [-0.2, -0.15) is 0 Å².